The number of carbonyl (C=O) groups excluding carboxylic acids is 2. The molecule has 6 N–H and O–H groups in total. The Morgan fingerprint density at radius 1 is 1.17 bits per heavy atom. The highest BCUT2D eigenvalue weighted by Gasteiger charge is 2.08. The van der Waals surface area contributed by atoms with Crippen LogP contribution in [0.2, 0.25) is 0 Å². The van der Waals surface area contributed by atoms with Gasteiger partial charge in [0.25, 0.3) is 5.91 Å². The van der Waals surface area contributed by atoms with Crippen LogP contribution < -0.4 is 16.8 Å². The summed E-state index contributed by atoms with van der Waals surface area (Å²) in [5.41, 5.74) is 11.0. The third-order valence-corrected chi connectivity index (χ3v) is 2.66. The van der Waals surface area contributed by atoms with Gasteiger partial charge in [-0.1, -0.05) is 12.1 Å². The number of anilines is 2. The lowest BCUT2D eigenvalue weighted by Crippen LogP contribution is -2.24. The summed E-state index contributed by atoms with van der Waals surface area (Å²) in [6.07, 6.45) is -1.06. The highest BCUT2D eigenvalue weighted by atomic mass is 16.5. The van der Waals surface area contributed by atoms with E-state index in [1.807, 2.05) is 0 Å². The van der Waals surface area contributed by atoms with Gasteiger partial charge in [0, 0.05) is 0 Å². The number of primary amides is 1. The van der Waals surface area contributed by atoms with Gasteiger partial charge in [-0.3, -0.25) is 4.79 Å². The quantitative estimate of drug-likeness (QED) is 0.610. The number of para-hydroxylation sites is 1. The van der Waals surface area contributed by atoms with Crippen molar-refractivity contribution in [1.29, 1.82) is 0 Å². The second-order valence-electron chi connectivity index (χ2n) is 4.45. The predicted molar refractivity (Wildman–Crippen MR) is 85.1 cm³/mol. The highest BCUT2D eigenvalue weighted by Crippen LogP contribution is 2.29. The van der Waals surface area contributed by atoms with Crippen molar-refractivity contribution in [2.75, 3.05) is 17.7 Å². The molecule has 0 fully saturated rings. The van der Waals surface area contributed by atoms with Gasteiger partial charge in [-0.25, -0.2) is 9.78 Å². The maximum absolute atomic E-state index is 11.5. The molecule has 2 aromatic rings. The fourth-order valence-electron chi connectivity index (χ4n) is 1.59. The van der Waals surface area contributed by atoms with Crippen LogP contribution in [0.1, 0.15) is 0 Å². The van der Waals surface area contributed by atoms with Crippen molar-refractivity contribution in [3.8, 4) is 5.75 Å². The normalized spacial score (nSPS) is 10.5. The molecule has 0 aliphatic rings. The smallest absolute Gasteiger partial charge is 0.405 e. The molecule has 0 aliphatic carbocycles. The van der Waals surface area contributed by atoms with E-state index < -0.39 is 18.6 Å². The summed E-state index contributed by atoms with van der Waals surface area (Å²) in [5.74, 6) is -0.481. The van der Waals surface area contributed by atoms with Crippen molar-refractivity contribution < 1.29 is 19.4 Å². The number of benzene rings is 1. The van der Waals surface area contributed by atoms with E-state index in [-0.39, 0.29) is 28.8 Å². The third kappa shape index (κ3) is 4.66. The third-order valence-electron chi connectivity index (χ3n) is 2.66. The Kier molecular flexibility index (Phi) is 5.24. The molecule has 0 radical (unpaired) electrons. The number of aromatic nitrogens is 1. The Morgan fingerprint density at radius 2 is 1.88 bits per heavy atom. The maximum Gasteiger partial charge on any atom is 0.405 e. The van der Waals surface area contributed by atoms with Crippen LogP contribution in [-0.4, -0.2) is 28.7 Å². The minimum absolute atomic E-state index is 0.0165. The average Bonchev–Trinajstić information content (AvgIpc) is 2.53. The number of hydrogen-bond acceptors (Lipinski definition) is 8. The lowest BCUT2D eigenvalue weighted by molar-refractivity contribution is -0.118. The van der Waals surface area contributed by atoms with Crippen molar-refractivity contribution in [2.24, 2.45) is 16.0 Å². The van der Waals surface area contributed by atoms with Crippen LogP contribution in [0, 0.1) is 0 Å². The number of carbonyl (C=O) groups is 2. The molecule has 24 heavy (non-hydrogen) atoms. The van der Waals surface area contributed by atoms with Gasteiger partial charge in [-0.05, 0) is 24.3 Å². The van der Waals surface area contributed by atoms with E-state index in [9.17, 15) is 14.7 Å². The first-order valence-corrected chi connectivity index (χ1v) is 6.64. The van der Waals surface area contributed by atoms with Gasteiger partial charge in [-0.2, -0.15) is 0 Å². The van der Waals surface area contributed by atoms with Crippen LogP contribution in [0.4, 0.5) is 27.8 Å². The fourth-order valence-corrected chi connectivity index (χ4v) is 1.59. The summed E-state index contributed by atoms with van der Waals surface area (Å²) in [7, 11) is 0. The Bertz CT molecular complexity index is 793. The van der Waals surface area contributed by atoms with Crippen LogP contribution in [0.25, 0.3) is 0 Å². The number of phenols is 1. The van der Waals surface area contributed by atoms with Crippen LogP contribution in [0.15, 0.2) is 46.6 Å². The number of nitrogen functional groups attached to an aromatic ring is 1. The van der Waals surface area contributed by atoms with Gasteiger partial charge in [0.1, 0.15) is 22.9 Å². The van der Waals surface area contributed by atoms with E-state index in [1.54, 1.807) is 18.2 Å². The van der Waals surface area contributed by atoms with E-state index >= 15 is 0 Å². The molecule has 1 heterocycles. The number of hydrogen-bond donors (Lipinski definition) is 4. The second-order valence-corrected chi connectivity index (χ2v) is 4.45. The van der Waals surface area contributed by atoms with Crippen molar-refractivity contribution in [3.63, 3.8) is 0 Å². The van der Waals surface area contributed by atoms with Gasteiger partial charge < -0.3 is 26.6 Å². The Balaban J connectivity index is 2.06. The number of ether oxygens (including phenoxy) is 1. The minimum Gasteiger partial charge on any atom is -0.506 e. The topological polar surface area (TPSA) is 165 Å². The van der Waals surface area contributed by atoms with Crippen molar-refractivity contribution in [3.05, 3.63) is 36.4 Å². The lowest BCUT2D eigenvalue weighted by Gasteiger charge is -2.06. The first-order chi connectivity index (χ1) is 11.5. The number of nitrogens with zero attached hydrogens (tertiary/aromatic N) is 3. The molecule has 0 spiro atoms. The first kappa shape index (κ1) is 16.7. The number of nitrogens with two attached hydrogens (primary N) is 2. The number of nitrogens with one attached hydrogen (secondary N) is 1. The van der Waals surface area contributed by atoms with Crippen molar-refractivity contribution >= 4 is 35.0 Å². The Hall–Kier alpha value is -3.69. The zero-order chi connectivity index (χ0) is 17.5. The lowest BCUT2D eigenvalue weighted by atomic mass is 10.3. The molecule has 0 atom stereocenters. The molecule has 10 nitrogen and oxygen atoms in total. The van der Waals surface area contributed by atoms with E-state index in [2.05, 4.69) is 25.3 Å². The standard InChI is InChI=1S/C14H14N6O4/c15-13-9(20-19-8-3-1-2-4-10(8)21)5-6-11(18-13)17-12(22)7-24-14(16)23/h1-6,21H,7H2,(H2,16,23)(H3,15,17,18,22)/b20-19+. The zero-order valence-electron chi connectivity index (χ0n) is 12.3. The number of amides is 2. The van der Waals surface area contributed by atoms with Gasteiger partial charge in [0.05, 0.1) is 0 Å². The Labute approximate surface area is 136 Å². The monoisotopic (exact) mass is 330 g/mol. The van der Waals surface area contributed by atoms with Gasteiger partial charge in [-0.15, -0.1) is 10.2 Å². The molecule has 1 aromatic carbocycles. The summed E-state index contributed by atoms with van der Waals surface area (Å²) in [6.45, 7) is -0.536. The molecule has 2 rings (SSSR count). The first-order valence-electron chi connectivity index (χ1n) is 6.64. The molecule has 0 saturated heterocycles. The van der Waals surface area contributed by atoms with E-state index in [1.165, 1.54) is 18.2 Å². The number of aromatic hydroxyl groups is 1. The highest BCUT2D eigenvalue weighted by molar-refractivity contribution is 5.92. The molecule has 0 saturated carbocycles. The molecule has 10 heteroatoms. The molecule has 0 aliphatic heterocycles. The van der Waals surface area contributed by atoms with E-state index in [4.69, 9.17) is 11.5 Å². The predicted octanol–water partition coefficient (Wildman–Crippen LogP) is 1.82. The summed E-state index contributed by atoms with van der Waals surface area (Å²) < 4.78 is 4.34. The molecular weight excluding hydrogens is 316 g/mol. The van der Waals surface area contributed by atoms with Gasteiger partial charge in [0.2, 0.25) is 0 Å². The Morgan fingerprint density at radius 3 is 2.54 bits per heavy atom. The van der Waals surface area contributed by atoms with Crippen LogP contribution >= 0.6 is 0 Å². The molecule has 124 valence electrons. The van der Waals surface area contributed by atoms with Crippen molar-refractivity contribution in [1.82, 2.24) is 4.98 Å². The molecule has 0 unspecified atom stereocenters. The second kappa shape index (κ2) is 7.54. The van der Waals surface area contributed by atoms with E-state index in [0.29, 0.717) is 0 Å². The summed E-state index contributed by atoms with van der Waals surface area (Å²) in [6, 6.07) is 9.33. The van der Waals surface area contributed by atoms with Crippen LogP contribution in [0.5, 0.6) is 5.75 Å². The summed E-state index contributed by atoms with van der Waals surface area (Å²) in [4.78, 5) is 25.8. The molecule has 2 amide bonds. The average molecular weight is 330 g/mol. The van der Waals surface area contributed by atoms with Gasteiger partial charge in [0.15, 0.2) is 12.4 Å². The number of pyridine rings is 1. The van der Waals surface area contributed by atoms with Crippen LogP contribution in [0.3, 0.4) is 0 Å². The SMILES string of the molecule is NC(=O)OCC(=O)Nc1ccc(/N=N/c2ccccc2O)c(N)n1. The fraction of sp³-hybridized carbons (Fsp3) is 0.0714. The maximum atomic E-state index is 11.5. The van der Waals surface area contributed by atoms with Crippen molar-refractivity contribution in [2.45, 2.75) is 0 Å². The van der Waals surface area contributed by atoms with E-state index in [0.717, 1.165) is 0 Å². The zero-order valence-corrected chi connectivity index (χ0v) is 12.3. The minimum atomic E-state index is -1.06. The molecule has 1 aromatic heterocycles. The summed E-state index contributed by atoms with van der Waals surface area (Å²) in [5, 5.41) is 19.7. The largest absolute Gasteiger partial charge is 0.506 e. The number of phenolic OH excluding ortho intramolecular Hbond substituents is 1. The van der Waals surface area contributed by atoms with Crippen LogP contribution in [-0.2, 0) is 9.53 Å². The number of azo groups is 1. The summed E-state index contributed by atoms with van der Waals surface area (Å²) >= 11 is 0. The molecule has 0 bridgehead atoms. The molecular formula is C14H14N6O4. The van der Waals surface area contributed by atoms with Gasteiger partial charge >= 0.3 is 6.09 Å². The number of rotatable bonds is 5.